The lowest BCUT2D eigenvalue weighted by Crippen LogP contribution is -2.03. The second-order valence-corrected chi connectivity index (χ2v) is 4.26. The van der Waals surface area contributed by atoms with Crippen LogP contribution in [0.2, 0.25) is 0 Å². The van der Waals surface area contributed by atoms with E-state index in [1.165, 1.54) is 20.3 Å². The third-order valence-corrected chi connectivity index (χ3v) is 3.15. The number of aromatic carboxylic acids is 1. The molecule has 0 fully saturated rings. The molecule has 1 N–H and O–H groups in total. The molecule has 0 unspecified atom stereocenters. The Morgan fingerprint density at radius 1 is 0.905 bits per heavy atom. The molecule has 2 aromatic carbocycles. The highest BCUT2D eigenvalue weighted by Gasteiger charge is 2.20. The number of benzene rings is 2. The number of methoxy groups -OCH3 is 3. The normalized spacial score (nSPS) is 10.0. The summed E-state index contributed by atoms with van der Waals surface area (Å²) in [6, 6.07) is 10.2. The number of rotatable bonds is 5. The Morgan fingerprint density at radius 3 is 2.05 bits per heavy atom. The lowest BCUT2D eigenvalue weighted by molar-refractivity contribution is 0.0697. The number of carboxylic acid groups (broad SMARTS) is 1. The van der Waals surface area contributed by atoms with Gasteiger partial charge in [-0.3, -0.25) is 0 Å². The Kier molecular flexibility index (Phi) is 4.33. The molecule has 0 bridgehead atoms. The molecule has 2 aromatic rings. The van der Waals surface area contributed by atoms with E-state index >= 15 is 0 Å². The molecule has 0 atom stereocenters. The molecule has 0 spiro atoms. The summed E-state index contributed by atoms with van der Waals surface area (Å²) in [5.74, 6) is 0.537. The average Bonchev–Trinajstić information content (AvgIpc) is 2.53. The van der Waals surface area contributed by atoms with Gasteiger partial charge in [-0.2, -0.15) is 0 Å². The van der Waals surface area contributed by atoms with Crippen molar-refractivity contribution in [2.24, 2.45) is 0 Å². The van der Waals surface area contributed by atoms with Gasteiger partial charge in [-0.1, -0.05) is 12.1 Å². The van der Waals surface area contributed by atoms with E-state index in [9.17, 15) is 9.90 Å². The van der Waals surface area contributed by atoms with Gasteiger partial charge >= 0.3 is 5.97 Å². The Labute approximate surface area is 122 Å². The fraction of sp³-hybridized carbons (Fsp3) is 0.188. The molecule has 21 heavy (non-hydrogen) atoms. The van der Waals surface area contributed by atoms with Gasteiger partial charge in [0.2, 0.25) is 0 Å². The molecular weight excluding hydrogens is 272 g/mol. The molecule has 0 amide bonds. The molecule has 0 heterocycles. The van der Waals surface area contributed by atoms with Crippen molar-refractivity contribution in [3.8, 4) is 28.4 Å². The Hall–Kier alpha value is -2.69. The maximum absolute atomic E-state index is 11.5. The van der Waals surface area contributed by atoms with E-state index in [0.29, 0.717) is 28.4 Å². The summed E-state index contributed by atoms with van der Waals surface area (Å²) < 4.78 is 15.7. The lowest BCUT2D eigenvalue weighted by Gasteiger charge is -2.15. The van der Waals surface area contributed by atoms with Crippen LogP contribution in [0.3, 0.4) is 0 Å². The Morgan fingerprint density at radius 2 is 1.57 bits per heavy atom. The van der Waals surface area contributed by atoms with Crippen LogP contribution < -0.4 is 14.2 Å². The molecule has 2 rings (SSSR count). The molecule has 0 radical (unpaired) electrons. The minimum Gasteiger partial charge on any atom is -0.497 e. The fourth-order valence-electron chi connectivity index (χ4n) is 2.15. The summed E-state index contributed by atoms with van der Waals surface area (Å²) >= 11 is 0. The number of carbonyl (C=O) groups is 1. The van der Waals surface area contributed by atoms with Crippen molar-refractivity contribution in [2.45, 2.75) is 0 Å². The summed E-state index contributed by atoms with van der Waals surface area (Å²) in [6.07, 6.45) is 0. The van der Waals surface area contributed by atoms with Crippen LogP contribution in [0.5, 0.6) is 17.2 Å². The zero-order valence-corrected chi connectivity index (χ0v) is 12.0. The zero-order chi connectivity index (χ0) is 15.4. The number of hydrogen-bond acceptors (Lipinski definition) is 4. The first kappa shape index (κ1) is 14.7. The van der Waals surface area contributed by atoms with Crippen LogP contribution in [0.1, 0.15) is 10.4 Å². The summed E-state index contributed by atoms with van der Waals surface area (Å²) in [7, 11) is 4.57. The highest BCUT2D eigenvalue weighted by atomic mass is 16.5. The standard InChI is InChI=1S/C16H16O5/c1-19-11-6-4-10(5-7-11)14-12(16(17)18)8-9-13(20-2)15(14)21-3/h4-9H,1-3H3,(H,17,18). The molecule has 0 saturated carbocycles. The molecule has 0 saturated heterocycles. The van der Waals surface area contributed by atoms with Crippen LogP contribution in [0.25, 0.3) is 11.1 Å². The first-order valence-corrected chi connectivity index (χ1v) is 6.25. The maximum atomic E-state index is 11.5. The molecule has 110 valence electrons. The number of ether oxygens (including phenoxy) is 3. The van der Waals surface area contributed by atoms with Crippen LogP contribution in [0.4, 0.5) is 0 Å². The predicted molar refractivity (Wildman–Crippen MR) is 78.5 cm³/mol. The molecule has 0 aliphatic carbocycles. The van der Waals surface area contributed by atoms with E-state index in [1.807, 2.05) is 0 Å². The van der Waals surface area contributed by atoms with E-state index in [0.717, 1.165) is 0 Å². The summed E-state index contributed by atoms with van der Waals surface area (Å²) in [4.78, 5) is 11.5. The maximum Gasteiger partial charge on any atom is 0.336 e. The van der Waals surface area contributed by atoms with Gasteiger partial charge < -0.3 is 19.3 Å². The fourth-order valence-corrected chi connectivity index (χ4v) is 2.15. The highest BCUT2D eigenvalue weighted by molar-refractivity contribution is 5.99. The molecule has 5 heteroatoms. The Bertz CT molecular complexity index is 646. The summed E-state index contributed by atoms with van der Waals surface area (Å²) in [5.41, 5.74) is 1.34. The molecule has 0 aromatic heterocycles. The quantitative estimate of drug-likeness (QED) is 0.916. The number of hydrogen-bond donors (Lipinski definition) is 1. The van der Waals surface area contributed by atoms with Gasteiger partial charge in [0.25, 0.3) is 0 Å². The van der Waals surface area contributed by atoms with Crippen LogP contribution in [-0.4, -0.2) is 32.4 Å². The molecular formula is C16H16O5. The van der Waals surface area contributed by atoms with Crippen molar-refractivity contribution in [1.29, 1.82) is 0 Å². The van der Waals surface area contributed by atoms with Crippen molar-refractivity contribution >= 4 is 5.97 Å². The second-order valence-electron chi connectivity index (χ2n) is 4.26. The van der Waals surface area contributed by atoms with Gasteiger partial charge in [0.05, 0.1) is 26.9 Å². The van der Waals surface area contributed by atoms with Crippen molar-refractivity contribution in [3.63, 3.8) is 0 Å². The van der Waals surface area contributed by atoms with Gasteiger partial charge in [0.1, 0.15) is 5.75 Å². The topological polar surface area (TPSA) is 65.0 Å². The predicted octanol–water partition coefficient (Wildman–Crippen LogP) is 3.08. The van der Waals surface area contributed by atoms with Gasteiger partial charge in [-0.05, 0) is 29.8 Å². The first-order chi connectivity index (χ1) is 10.1. The summed E-state index contributed by atoms with van der Waals surface area (Å²) in [6.45, 7) is 0. The van der Waals surface area contributed by atoms with Crippen molar-refractivity contribution in [1.82, 2.24) is 0 Å². The van der Waals surface area contributed by atoms with Crippen molar-refractivity contribution < 1.29 is 24.1 Å². The minimum atomic E-state index is -1.03. The van der Waals surface area contributed by atoms with Gasteiger partial charge in [0.15, 0.2) is 11.5 Å². The smallest absolute Gasteiger partial charge is 0.336 e. The van der Waals surface area contributed by atoms with E-state index in [2.05, 4.69) is 0 Å². The van der Waals surface area contributed by atoms with Crippen LogP contribution in [0.15, 0.2) is 36.4 Å². The Balaban J connectivity index is 2.70. The van der Waals surface area contributed by atoms with Crippen LogP contribution >= 0.6 is 0 Å². The van der Waals surface area contributed by atoms with Crippen LogP contribution in [-0.2, 0) is 0 Å². The first-order valence-electron chi connectivity index (χ1n) is 6.25. The van der Waals surface area contributed by atoms with Gasteiger partial charge in [-0.25, -0.2) is 4.79 Å². The molecule has 0 aliphatic rings. The molecule has 5 nitrogen and oxygen atoms in total. The van der Waals surface area contributed by atoms with Gasteiger partial charge in [-0.15, -0.1) is 0 Å². The average molecular weight is 288 g/mol. The zero-order valence-electron chi connectivity index (χ0n) is 12.0. The monoisotopic (exact) mass is 288 g/mol. The van der Waals surface area contributed by atoms with Crippen molar-refractivity contribution in [3.05, 3.63) is 42.0 Å². The third-order valence-electron chi connectivity index (χ3n) is 3.15. The van der Waals surface area contributed by atoms with E-state index < -0.39 is 5.97 Å². The summed E-state index contributed by atoms with van der Waals surface area (Å²) in [5, 5.41) is 9.39. The third kappa shape index (κ3) is 2.76. The minimum absolute atomic E-state index is 0.151. The second kappa shape index (κ2) is 6.17. The molecule has 0 aliphatic heterocycles. The highest BCUT2D eigenvalue weighted by Crippen LogP contribution is 2.41. The van der Waals surface area contributed by atoms with Crippen molar-refractivity contribution in [2.75, 3.05) is 21.3 Å². The van der Waals surface area contributed by atoms with Gasteiger partial charge in [0, 0.05) is 5.56 Å². The van der Waals surface area contributed by atoms with Crippen LogP contribution in [0, 0.1) is 0 Å². The van der Waals surface area contributed by atoms with E-state index in [-0.39, 0.29) is 5.56 Å². The van der Waals surface area contributed by atoms with E-state index in [4.69, 9.17) is 14.2 Å². The lowest BCUT2D eigenvalue weighted by atomic mass is 9.98. The number of carboxylic acids is 1. The SMILES string of the molecule is COc1ccc(-c2c(C(=O)O)ccc(OC)c2OC)cc1. The van der Waals surface area contributed by atoms with E-state index in [1.54, 1.807) is 37.4 Å². The largest absolute Gasteiger partial charge is 0.497 e.